The molecule has 6 fully saturated rings. The number of piperidine rings is 3. The Morgan fingerprint density at radius 2 is 0.948 bits per heavy atom. The largest absolute Gasteiger partial charge is 0.396 e. The Labute approximate surface area is 603 Å². The zero-order valence-corrected chi connectivity index (χ0v) is 60.1. The van der Waals surface area contributed by atoms with Crippen LogP contribution >= 0.6 is 69.6 Å². The van der Waals surface area contributed by atoms with Crippen molar-refractivity contribution in [2.75, 3.05) is 72.4 Å². The fourth-order valence-corrected chi connectivity index (χ4v) is 14.2. The number of fused-ring (bicyclic) bond motifs is 1. The molecule has 0 atom stereocenters. The summed E-state index contributed by atoms with van der Waals surface area (Å²) in [4.78, 5) is 90.7. The first kappa shape index (κ1) is 81.6. The minimum atomic E-state index is -0.722. The lowest BCUT2D eigenvalue weighted by atomic mass is 9.93. The zero-order chi connectivity index (χ0) is 71.2. The number of nitrogen functional groups attached to an aromatic ring is 4. The van der Waals surface area contributed by atoms with E-state index in [1.165, 1.54) is 180 Å². The van der Waals surface area contributed by atoms with Gasteiger partial charge in [-0.2, -0.15) is 0 Å². The van der Waals surface area contributed by atoms with Gasteiger partial charge in [0.2, 0.25) is 22.2 Å². The van der Waals surface area contributed by atoms with Crippen LogP contribution in [-0.4, -0.2) is 155 Å². The summed E-state index contributed by atoms with van der Waals surface area (Å²) in [7, 11) is 8.25. The molecule has 0 aromatic carbocycles. The molecule has 4 radical (unpaired) electrons. The number of nitrogens with zero attached hydrogens (tertiary/aromatic N) is 9. The molecule has 21 nitrogen and oxygen atoms in total. The van der Waals surface area contributed by atoms with Gasteiger partial charge in [0.05, 0.1) is 74.9 Å². The number of nitrogens with two attached hydrogens (primary N) is 4. The van der Waals surface area contributed by atoms with E-state index < -0.39 is 15.4 Å². The predicted molar refractivity (Wildman–Crippen MR) is 396 cm³/mol. The van der Waals surface area contributed by atoms with Gasteiger partial charge in [-0.3, -0.25) is 44.0 Å². The van der Waals surface area contributed by atoms with E-state index in [1.807, 2.05) is 17.0 Å². The summed E-state index contributed by atoms with van der Waals surface area (Å²) in [5.41, 5.74) is 24.2. The summed E-state index contributed by atoms with van der Waals surface area (Å²) < 4.78 is 5.25. The van der Waals surface area contributed by atoms with Crippen LogP contribution in [0.25, 0.3) is 0 Å². The van der Waals surface area contributed by atoms with Crippen LogP contribution in [-0.2, 0) is 30.4 Å². The van der Waals surface area contributed by atoms with Gasteiger partial charge in [0.1, 0.15) is 23.2 Å². The third kappa shape index (κ3) is 30.2. The van der Waals surface area contributed by atoms with E-state index in [0.717, 1.165) is 81.4 Å². The molecule has 3 saturated carbocycles. The summed E-state index contributed by atoms with van der Waals surface area (Å²) in [6, 6.07) is 9.31. The molecule has 29 heteroatoms. The van der Waals surface area contributed by atoms with Crippen molar-refractivity contribution in [1.82, 2.24) is 34.6 Å². The van der Waals surface area contributed by atoms with E-state index in [9.17, 15) is 34.1 Å². The van der Waals surface area contributed by atoms with E-state index in [2.05, 4.69) is 56.2 Å². The van der Waals surface area contributed by atoms with Crippen molar-refractivity contribution < 1.29 is 30.3 Å². The van der Waals surface area contributed by atoms with E-state index >= 15 is 0 Å². The lowest BCUT2D eigenvalue weighted by molar-refractivity contribution is -0.384. The normalized spacial score (nSPS) is 19.3. The number of aromatic nitrogens is 4. The second-order valence-corrected chi connectivity index (χ2v) is 27.6. The number of hydrogen-bond donors (Lipinski definition) is 5. The summed E-state index contributed by atoms with van der Waals surface area (Å²) in [5, 5.41) is 14.1. The molecule has 3 saturated heterocycles. The van der Waals surface area contributed by atoms with Crippen LogP contribution in [0.3, 0.4) is 0 Å². The fourth-order valence-electron chi connectivity index (χ4n) is 13.2. The van der Waals surface area contributed by atoms with Crippen molar-refractivity contribution in [3.05, 3.63) is 85.0 Å². The standard InChI is InChI=1S/C22H30ClN3O2.C18H29ClN4.C13H23NO.C5H4ClN3O2.C5H6ClN3.C3H2Cl2O2.CH3B.BH.H2/c23-16-12-21-20(24-15-16)13-19(27)14-22(28)26(21)18-8-10-25(11-9-18)17-6-4-2-1-3-5-7-17;19-14-12-17(18(20)21-13-14)22-15-8-10-23(11-9-15)16-6-4-2-1-3-5-7-16;15-13-8-10-14(11-9-13)12-6-4-2-1-3-5-7-12;6-3-1-4(9(10)11)5(7)8-2-3;6-3-1-4(7)5(8)9-2-3;4-2(6)1-3(5)7;1-2;;/h12,15,17-18H,1-11,13-14H2;12-13,15-16,22H,1-11H2,(H2,20,21);12H,1-11H2;1-2H,(H2,7,8);1-2H,7H2,(H2,8,9);1H2;1H3;2*1H/i;;;;;;;1D;. The zero-order valence-electron chi connectivity index (χ0n) is 56.6. The number of amides is 1. The summed E-state index contributed by atoms with van der Waals surface area (Å²) in [5.74, 6) is 1.04. The fraction of sp³-hybridized carbons (Fsp3) is 0.627. The van der Waals surface area contributed by atoms with E-state index in [-0.39, 0.29) is 54.9 Å². The number of likely N-dealkylation sites (tertiary alicyclic amines) is 3. The highest BCUT2D eigenvalue weighted by atomic mass is 35.5. The van der Waals surface area contributed by atoms with Gasteiger partial charge in [0.25, 0.3) is 0 Å². The average molecular weight is 1450 g/mol. The molecule has 528 valence electrons. The van der Waals surface area contributed by atoms with Crippen LogP contribution in [0, 0.1) is 10.1 Å². The van der Waals surface area contributed by atoms with Gasteiger partial charge in [-0.1, -0.05) is 150 Å². The monoisotopic (exact) mass is 1450 g/mol. The molecule has 9 N–H and O–H groups in total. The number of nitro groups is 1. The topological polar surface area (TPSA) is 309 Å². The Morgan fingerprint density at radius 3 is 1.38 bits per heavy atom. The maximum atomic E-state index is 12.9. The van der Waals surface area contributed by atoms with Crippen molar-refractivity contribution in [3.63, 3.8) is 0 Å². The molecular weight excluding hydrogens is 1350 g/mol. The number of hydrogen-bond acceptors (Lipinski definition) is 19. The van der Waals surface area contributed by atoms with Gasteiger partial charge in [0.15, 0.2) is 0 Å². The van der Waals surface area contributed by atoms with E-state index in [0.29, 0.717) is 56.0 Å². The average Bonchev–Trinajstić information content (AvgIpc) is 1.54. The van der Waals surface area contributed by atoms with Crippen molar-refractivity contribution in [2.24, 2.45) is 0 Å². The molecule has 4 aliphatic heterocycles. The first-order chi connectivity index (χ1) is 46.6. The molecule has 1 amide bonds. The molecule has 8 heterocycles. The van der Waals surface area contributed by atoms with Crippen LogP contribution < -0.4 is 33.2 Å². The minimum Gasteiger partial charge on any atom is -0.396 e. The molecule has 7 aliphatic rings. The summed E-state index contributed by atoms with van der Waals surface area (Å²) in [6.07, 6.45) is 40.6. The van der Waals surface area contributed by atoms with Gasteiger partial charge >= 0.3 is 5.69 Å². The molecule has 3 aliphatic carbocycles. The second-order valence-electron chi connectivity index (χ2n) is 25.0. The molecule has 0 spiro atoms. The number of Topliss-reactive ketones (excluding diaryl/α,β-unsaturated/α-hetero) is 2. The van der Waals surface area contributed by atoms with Gasteiger partial charge in [-0.05, 0) is 107 Å². The Morgan fingerprint density at radius 1 is 0.552 bits per heavy atom. The highest BCUT2D eigenvalue weighted by Crippen LogP contribution is 2.35. The number of carbonyl (C=O) groups is 5. The Kier molecular flexibility index (Phi) is 38.7. The molecule has 11 rings (SSSR count). The molecule has 4 aromatic rings. The first-order valence-electron chi connectivity index (χ1n) is 34.3. The van der Waals surface area contributed by atoms with E-state index in [4.69, 9.17) is 93.9 Å². The van der Waals surface area contributed by atoms with Gasteiger partial charge in [-0.25, -0.2) is 15.0 Å². The van der Waals surface area contributed by atoms with E-state index in [1.54, 1.807) is 18.5 Å². The number of halogens is 6. The Bertz CT molecular complexity index is 3030. The van der Waals surface area contributed by atoms with Gasteiger partial charge in [0, 0.05) is 123 Å². The van der Waals surface area contributed by atoms with Crippen LogP contribution in [0.1, 0.15) is 193 Å². The van der Waals surface area contributed by atoms with Crippen molar-refractivity contribution >= 4 is 154 Å². The number of carbonyl (C=O) groups excluding carboxylic acids is 5. The molecular formula is C67H100B2Cl6N14O7. The SMILES string of the molecule is Nc1cc(Cl)cnc1N.Nc1ncc(Cl)cc1NC1CCN(C2CCCCCCC2)CC1.Nc1ncc(Cl)cc1[N+](=O)[O-].O=C(Cl)CC(=O)Cl.O=C1CC(=O)N(C2CCN(C3CCCCCCC3)CC2)c2cc(Cl)cnc2C1.O=C1CCN(C2CCCCCCC2)CC1.[2H][B].[B]C.[HH]. The number of anilines is 6. The molecule has 4 aromatic heterocycles. The number of nitrogens with one attached hydrogen (secondary N) is 1. The van der Waals surface area contributed by atoms with Gasteiger partial charge in [-0.15, -0.1) is 0 Å². The number of rotatable bonds is 9. The quantitative estimate of drug-likeness (QED) is 0.0342. The summed E-state index contributed by atoms with van der Waals surface area (Å²) in [6.45, 7) is 7.99. The second kappa shape index (κ2) is 45.5. The Balaban J connectivity index is 0.000000321. The van der Waals surface area contributed by atoms with Gasteiger partial charge < -0.3 is 43.0 Å². The van der Waals surface area contributed by atoms with Crippen LogP contribution in [0.4, 0.5) is 40.2 Å². The molecule has 0 bridgehead atoms. The lowest BCUT2D eigenvalue weighted by Crippen LogP contribution is -2.50. The van der Waals surface area contributed by atoms with Crippen LogP contribution in [0.5, 0.6) is 0 Å². The van der Waals surface area contributed by atoms with Crippen LogP contribution in [0.15, 0.2) is 49.1 Å². The smallest absolute Gasteiger partial charge is 0.312 e. The predicted octanol–water partition coefficient (Wildman–Crippen LogP) is 14.1. The highest BCUT2D eigenvalue weighted by molar-refractivity contribution is 6.72. The third-order valence-electron chi connectivity index (χ3n) is 18.2. The van der Waals surface area contributed by atoms with Crippen molar-refractivity contribution in [2.45, 2.75) is 230 Å². The minimum absolute atomic E-state index is 0. The number of pyridine rings is 4. The van der Waals surface area contributed by atoms with Crippen LogP contribution in [0.2, 0.25) is 26.9 Å². The molecule has 96 heavy (non-hydrogen) atoms. The third-order valence-corrected chi connectivity index (χ3v) is 19.3. The maximum Gasteiger partial charge on any atom is 0.312 e. The highest BCUT2D eigenvalue weighted by Gasteiger charge is 2.36. The molecule has 0 unspecified atom stereocenters. The first-order valence-corrected chi connectivity index (χ1v) is 36.0. The van der Waals surface area contributed by atoms with Crippen molar-refractivity contribution in [1.29, 1.82) is 1.34 Å². The van der Waals surface area contributed by atoms with Crippen molar-refractivity contribution in [3.8, 4) is 0 Å². The Hall–Kier alpha value is -5.10. The maximum absolute atomic E-state index is 12.9. The summed E-state index contributed by atoms with van der Waals surface area (Å²) >= 11 is 32.6. The lowest BCUT2D eigenvalue weighted by Gasteiger charge is -2.42. The number of ketones is 2.